The van der Waals surface area contributed by atoms with E-state index in [0.717, 1.165) is 5.06 Å². The van der Waals surface area contributed by atoms with Crippen LogP contribution in [0.3, 0.4) is 0 Å². The zero-order valence-corrected chi connectivity index (χ0v) is 11.3. The molecule has 0 aliphatic carbocycles. The van der Waals surface area contributed by atoms with Gasteiger partial charge in [0, 0.05) is 6.42 Å². The van der Waals surface area contributed by atoms with E-state index in [0.29, 0.717) is 24.4 Å². The summed E-state index contributed by atoms with van der Waals surface area (Å²) in [6.45, 7) is 4.92. The van der Waals surface area contributed by atoms with Gasteiger partial charge in [-0.2, -0.15) is 5.06 Å². The Hall–Kier alpha value is -1.83. The van der Waals surface area contributed by atoms with Crippen LogP contribution in [0.25, 0.3) is 0 Å². The van der Waals surface area contributed by atoms with Crippen LogP contribution in [-0.2, 0) is 19.2 Å². The molecule has 1 saturated heterocycles. The summed E-state index contributed by atoms with van der Waals surface area (Å²) in [6.07, 6.45) is 0.160. The van der Waals surface area contributed by atoms with Crippen LogP contribution in [0.5, 0.6) is 0 Å². The van der Waals surface area contributed by atoms with Crippen LogP contribution in [0.1, 0.15) is 33.6 Å². The van der Waals surface area contributed by atoms with Crippen LogP contribution in [0.4, 0.5) is 4.79 Å². The molecule has 108 valence electrons. The Morgan fingerprint density at radius 2 is 2.05 bits per heavy atom. The number of amides is 2. The summed E-state index contributed by atoms with van der Waals surface area (Å²) in [7, 11) is 0. The minimum atomic E-state index is -0.836. The van der Waals surface area contributed by atoms with Gasteiger partial charge in [-0.25, -0.2) is 20.4 Å². The van der Waals surface area contributed by atoms with Crippen molar-refractivity contribution in [2.24, 2.45) is 5.84 Å². The Kier molecular flexibility index (Phi) is 4.71. The number of hydrogen-bond donors (Lipinski definition) is 1. The molecule has 1 heterocycles. The number of hydrazine groups is 1. The first-order chi connectivity index (χ1) is 8.69. The highest BCUT2D eigenvalue weighted by molar-refractivity contribution is 5.81. The lowest BCUT2D eigenvalue weighted by Crippen LogP contribution is -2.45. The summed E-state index contributed by atoms with van der Waals surface area (Å²) in [5.41, 5.74) is -0.705. The molecular weight excluding hydrogens is 254 g/mol. The number of carbonyl (C=O) groups is 3. The molecule has 19 heavy (non-hydrogen) atoms. The molecule has 1 aliphatic heterocycles. The SMILES string of the molecule is CC(C)(C)OC(=O)N(N)CC(=O)ON1CCCC1=O. The van der Waals surface area contributed by atoms with Gasteiger partial charge in [0.1, 0.15) is 12.1 Å². The molecule has 0 radical (unpaired) electrons. The summed E-state index contributed by atoms with van der Waals surface area (Å²) in [5, 5.41) is 1.58. The smallest absolute Gasteiger partial charge is 0.425 e. The molecule has 0 aromatic heterocycles. The van der Waals surface area contributed by atoms with Gasteiger partial charge in [0.15, 0.2) is 0 Å². The molecule has 1 fully saturated rings. The van der Waals surface area contributed by atoms with Crippen molar-refractivity contribution < 1.29 is 24.0 Å². The molecule has 0 aromatic rings. The lowest BCUT2D eigenvalue weighted by Gasteiger charge is -2.24. The third-order valence-corrected chi connectivity index (χ3v) is 2.17. The maximum absolute atomic E-state index is 11.5. The van der Waals surface area contributed by atoms with E-state index in [-0.39, 0.29) is 5.91 Å². The molecule has 0 atom stereocenters. The van der Waals surface area contributed by atoms with E-state index in [1.807, 2.05) is 0 Å². The summed E-state index contributed by atoms with van der Waals surface area (Å²) in [4.78, 5) is 39.0. The van der Waals surface area contributed by atoms with Gasteiger partial charge in [-0.3, -0.25) is 4.79 Å². The van der Waals surface area contributed by atoms with Crippen LogP contribution in [0.2, 0.25) is 0 Å². The van der Waals surface area contributed by atoms with Crippen LogP contribution < -0.4 is 5.84 Å². The van der Waals surface area contributed by atoms with Crippen molar-refractivity contribution >= 4 is 18.0 Å². The first kappa shape index (κ1) is 15.2. The minimum Gasteiger partial charge on any atom is -0.443 e. The molecule has 0 unspecified atom stereocenters. The quantitative estimate of drug-likeness (QED) is 0.447. The second kappa shape index (κ2) is 5.87. The number of ether oxygens (including phenoxy) is 1. The van der Waals surface area contributed by atoms with Crippen LogP contribution in [0, 0.1) is 0 Å². The van der Waals surface area contributed by atoms with Crippen molar-refractivity contribution in [3.63, 3.8) is 0 Å². The molecule has 8 heteroatoms. The van der Waals surface area contributed by atoms with Crippen molar-refractivity contribution in [2.75, 3.05) is 13.1 Å². The van der Waals surface area contributed by atoms with Crippen molar-refractivity contribution in [3.05, 3.63) is 0 Å². The maximum Gasteiger partial charge on any atom is 0.425 e. The number of hydroxylamine groups is 2. The molecule has 0 saturated carbocycles. The molecule has 8 nitrogen and oxygen atoms in total. The Morgan fingerprint density at radius 1 is 1.42 bits per heavy atom. The summed E-state index contributed by atoms with van der Waals surface area (Å²) in [6, 6.07) is 0. The Bertz CT molecular complexity index is 377. The van der Waals surface area contributed by atoms with Crippen LogP contribution in [0.15, 0.2) is 0 Å². The predicted molar refractivity (Wildman–Crippen MR) is 64.2 cm³/mol. The fraction of sp³-hybridized carbons (Fsp3) is 0.727. The van der Waals surface area contributed by atoms with Gasteiger partial charge in [-0.05, 0) is 27.2 Å². The lowest BCUT2D eigenvalue weighted by atomic mass is 10.2. The highest BCUT2D eigenvalue weighted by atomic mass is 16.7. The molecule has 1 rings (SSSR count). The first-order valence-corrected chi connectivity index (χ1v) is 5.95. The average Bonchev–Trinajstić information content (AvgIpc) is 2.61. The highest BCUT2D eigenvalue weighted by Gasteiger charge is 2.27. The van der Waals surface area contributed by atoms with Gasteiger partial charge < -0.3 is 9.57 Å². The second-order valence-electron chi connectivity index (χ2n) is 5.17. The second-order valence-corrected chi connectivity index (χ2v) is 5.17. The van der Waals surface area contributed by atoms with Crippen molar-refractivity contribution in [1.82, 2.24) is 10.1 Å². The topological polar surface area (TPSA) is 102 Å². The third-order valence-electron chi connectivity index (χ3n) is 2.17. The lowest BCUT2D eigenvalue weighted by molar-refractivity contribution is -0.193. The molecule has 2 amide bonds. The van der Waals surface area contributed by atoms with E-state index >= 15 is 0 Å². The van der Waals surface area contributed by atoms with Gasteiger partial charge in [0.05, 0.1) is 6.54 Å². The standard InChI is InChI=1S/C11H19N3O5/c1-11(2,3)18-10(17)13(12)7-9(16)19-14-6-4-5-8(14)15/h4-7,12H2,1-3H3. The van der Waals surface area contributed by atoms with E-state index < -0.39 is 24.2 Å². The largest absolute Gasteiger partial charge is 0.443 e. The fourth-order valence-electron chi connectivity index (χ4n) is 1.40. The number of nitrogens with zero attached hydrogens (tertiary/aromatic N) is 2. The Labute approximate surface area is 111 Å². The van der Waals surface area contributed by atoms with Gasteiger partial charge in [-0.1, -0.05) is 0 Å². The molecule has 0 aromatic carbocycles. The van der Waals surface area contributed by atoms with Crippen molar-refractivity contribution in [2.45, 2.75) is 39.2 Å². The Balaban J connectivity index is 2.39. The number of rotatable bonds is 3. The van der Waals surface area contributed by atoms with Gasteiger partial charge >= 0.3 is 12.1 Å². The first-order valence-electron chi connectivity index (χ1n) is 5.95. The number of carbonyl (C=O) groups excluding carboxylic acids is 3. The number of hydrogen-bond acceptors (Lipinski definition) is 6. The molecule has 1 aliphatic rings. The zero-order valence-electron chi connectivity index (χ0n) is 11.3. The molecular formula is C11H19N3O5. The normalized spacial score (nSPS) is 15.4. The number of nitrogens with two attached hydrogens (primary N) is 1. The van der Waals surface area contributed by atoms with E-state index in [9.17, 15) is 14.4 Å². The Morgan fingerprint density at radius 3 is 2.53 bits per heavy atom. The zero-order chi connectivity index (χ0) is 14.6. The molecule has 0 bridgehead atoms. The van der Waals surface area contributed by atoms with Gasteiger partial charge in [0.2, 0.25) is 0 Å². The maximum atomic E-state index is 11.5. The summed E-state index contributed by atoms with van der Waals surface area (Å²) in [5.74, 6) is 4.35. The van der Waals surface area contributed by atoms with Crippen LogP contribution in [-0.4, -0.2) is 46.7 Å². The van der Waals surface area contributed by atoms with E-state index in [1.54, 1.807) is 20.8 Å². The summed E-state index contributed by atoms with van der Waals surface area (Å²) >= 11 is 0. The monoisotopic (exact) mass is 273 g/mol. The van der Waals surface area contributed by atoms with Crippen molar-refractivity contribution in [3.8, 4) is 0 Å². The van der Waals surface area contributed by atoms with Gasteiger partial charge in [0.25, 0.3) is 5.91 Å². The fourth-order valence-corrected chi connectivity index (χ4v) is 1.40. The molecule has 2 N–H and O–H groups in total. The molecule has 0 spiro atoms. The van der Waals surface area contributed by atoms with E-state index in [4.69, 9.17) is 15.4 Å². The minimum absolute atomic E-state index is 0.255. The van der Waals surface area contributed by atoms with E-state index in [1.165, 1.54) is 0 Å². The third kappa shape index (κ3) is 5.12. The van der Waals surface area contributed by atoms with E-state index in [2.05, 4.69) is 0 Å². The summed E-state index contributed by atoms with van der Waals surface area (Å²) < 4.78 is 4.97. The van der Waals surface area contributed by atoms with Crippen molar-refractivity contribution in [1.29, 1.82) is 0 Å². The average molecular weight is 273 g/mol. The predicted octanol–water partition coefficient (Wildman–Crippen LogP) is 0.178. The highest BCUT2D eigenvalue weighted by Crippen LogP contribution is 2.11. The van der Waals surface area contributed by atoms with Crippen LogP contribution >= 0.6 is 0 Å². The van der Waals surface area contributed by atoms with Gasteiger partial charge in [-0.15, -0.1) is 0 Å².